The van der Waals surface area contributed by atoms with E-state index in [9.17, 15) is 36.7 Å². The van der Waals surface area contributed by atoms with E-state index < -0.39 is 76.5 Å². The Balaban J connectivity index is 1.67. The molecule has 0 fully saturated rings. The van der Waals surface area contributed by atoms with Crippen LogP contribution in [0.15, 0.2) is 36.4 Å². The summed E-state index contributed by atoms with van der Waals surface area (Å²) >= 11 is 12.1. The lowest BCUT2D eigenvalue weighted by atomic mass is 10.2. The number of aromatic nitrogens is 2. The van der Waals surface area contributed by atoms with E-state index in [1.807, 2.05) is 0 Å². The molecule has 0 spiro atoms. The average Bonchev–Trinajstić information content (AvgIpc) is 3.26. The van der Waals surface area contributed by atoms with Gasteiger partial charge in [-0.3, -0.25) is 23.5 Å². The van der Waals surface area contributed by atoms with Crippen molar-refractivity contribution >= 4 is 72.9 Å². The van der Waals surface area contributed by atoms with E-state index in [0.717, 1.165) is 4.57 Å². The molecule has 240 valence electrons. The molecule has 1 heterocycles. The van der Waals surface area contributed by atoms with Crippen LogP contribution >= 0.6 is 38.4 Å². The lowest BCUT2D eigenvalue weighted by Crippen LogP contribution is -2.34. The number of imidazole rings is 1. The molecule has 21 heteroatoms. The molecule has 0 saturated carbocycles. The molecule has 0 unspecified atom stereocenters. The van der Waals surface area contributed by atoms with Gasteiger partial charge in [0.2, 0.25) is 17.3 Å². The SMILES string of the molecule is O=C(CCCC(=O)OCCn1c(C(F)(F)F)nc2c(NC(=O)c3c(Cl)cccc3Cl)cccc21)NC(P(=O)(O)O)P(=O)(O)O. The van der Waals surface area contributed by atoms with Crippen molar-refractivity contribution in [3.05, 3.63) is 57.8 Å². The van der Waals surface area contributed by atoms with Gasteiger partial charge in [0.25, 0.3) is 5.91 Å². The average molecular weight is 705 g/mol. The number of hydrogen-bond acceptors (Lipinski definition) is 7. The number of nitrogens with zero attached hydrogens (tertiary/aromatic N) is 2. The van der Waals surface area contributed by atoms with Crippen molar-refractivity contribution < 1.29 is 61.0 Å². The van der Waals surface area contributed by atoms with Crippen molar-refractivity contribution in [1.29, 1.82) is 0 Å². The van der Waals surface area contributed by atoms with E-state index in [2.05, 4.69) is 10.3 Å². The highest BCUT2D eigenvalue weighted by Crippen LogP contribution is 2.58. The fraction of sp³-hybridized carbons (Fsp3) is 0.304. The number of para-hydroxylation sites is 1. The molecule has 44 heavy (non-hydrogen) atoms. The summed E-state index contributed by atoms with van der Waals surface area (Å²) in [4.78, 5) is 76.5. The number of carbonyl (C=O) groups is 3. The fourth-order valence-corrected chi connectivity index (χ4v) is 6.65. The second-order valence-corrected chi connectivity index (χ2v) is 13.6. The lowest BCUT2D eigenvalue weighted by Gasteiger charge is -2.20. The van der Waals surface area contributed by atoms with Crippen LogP contribution in [0.3, 0.4) is 0 Å². The van der Waals surface area contributed by atoms with Crippen molar-refractivity contribution in [2.75, 3.05) is 11.9 Å². The third kappa shape index (κ3) is 9.02. The van der Waals surface area contributed by atoms with Gasteiger partial charge >= 0.3 is 27.3 Å². The van der Waals surface area contributed by atoms with Gasteiger partial charge in [-0.15, -0.1) is 0 Å². The minimum absolute atomic E-state index is 0.0117. The number of amides is 2. The quantitative estimate of drug-likeness (QED) is 0.117. The van der Waals surface area contributed by atoms with E-state index in [1.54, 1.807) is 0 Å². The van der Waals surface area contributed by atoms with E-state index in [1.165, 1.54) is 41.7 Å². The van der Waals surface area contributed by atoms with Crippen molar-refractivity contribution in [2.45, 2.75) is 37.5 Å². The van der Waals surface area contributed by atoms with Gasteiger partial charge in [0.1, 0.15) is 12.1 Å². The zero-order valence-electron chi connectivity index (χ0n) is 22.0. The number of rotatable bonds is 12. The number of esters is 1. The normalized spacial score (nSPS) is 12.4. The first-order valence-corrected chi connectivity index (χ1v) is 16.3. The minimum Gasteiger partial charge on any atom is -0.464 e. The van der Waals surface area contributed by atoms with Crippen molar-refractivity contribution in [3.8, 4) is 0 Å². The molecule has 0 aliphatic carbocycles. The Morgan fingerprint density at radius 3 is 2.14 bits per heavy atom. The van der Waals surface area contributed by atoms with Gasteiger partial charge in [0, 0.05) is 12.8 Å². The van der Waals surface area contributed by atoms with E-state index in [4.69, 9.17) is 47.5 Å². The van der Waals surface area contributed by atoms with Gasteiger partial charge in [0.15, 0.2) is 0 Å². The highest BCUT2D eigenvalue weighted by atomic mass is 35.5. The first-order valence-electron chi connectivity index (χ1n) is 12.2. The van der Waals surface area contributed by atoms with E-state index in [0.29, 0.717) is 0 Å². The summed E-state index contributed by atoms with van der Waals surface area (Å²) < 4.78 is 69.8. The van der Waals surface area contributed by atoms with Gasteiger partial charge in [-0.25, -0.2) is 4.98 Å². The van der Waals surface area contributed by atoms with Crippen molar-refractivity contribution in [2.24, 2.45) is 0 Å². The lowest BCUT2D eigenvalue weighted by molar-refractivity contribution is -0.148. The molecule has 2 amide bonds. The second-order valence-electron chi connectivity index (χ2n) is 9.00. The van der Waals surface area contributed by atoms with Gasteiger partial charge in [-0.2, -0.15) is 13.2 Å². The zero-order valence-corrected chi connectivity index (χ0v) is 25.3. The molecule has 0 atom stereocenters. The Morgan fingerprint density at radius 2 is 1.57 bits per heavy atom. The Hall–Kier alpha value is -3.01. The van der Waals surface area contributed by atoms with E-state index in [-0.39, 0.29) is 38.8 Å². The Kier molecular flexibility index (Phi) is 11.3. The fourth-order valence-electron chi connectivity index (χ4n) is 3.89. The maximum atomic E-state index is 13.9. The van der Waals surface area contributed by atoms with Crippen LogP contribution in [0.5, 0.6) is 0 Å². The second kappa shape index (κ2) is 14.0. The Morgan fingerprint density at radius 1 is 0.977 bits per heavy atom. The van der Waals surface area contributed by atoms with Crippen LogP contribution in [0.4, 0.5) is 18.9 Å². The molecule has 14 nitrogen and oxygen atoms in total. The van der Waals surface area contributed by atoms with Crippen molar-refractivity contribution in [1.82, 2.24) is 14.9 Å². The predicted octanol–water partition coefficient (Wildman–Crippen LogP) is 4.08. The highest BCUT2D eigenvalue weighted by molar-refractivity contribution is 7.70. The van der Waals surface area contributed by atoms with Gasteiger partial charge in [-0.1, -0.05) is 35.3 Å². The van der Waals surface area contributed by atoms with Crippen LogP contribution < -0.4 is 10.6 Å². The molecule has 1 aromatic heterocycles. The largest absolute Gasteiger partial charge is 0.464 e. The molecule has 0 aliphatic rings. The minimum atomic E-state index is -5.41. The number of halogens is 5. The Bertz CT molecular complexity index is 1630. The van der Waals surface area contributed by atoms with Gasteiger partial charge in [-0.05, 0) is 30.7 Å². The first kappa shape index (κ1) is 35.5. The van der Waals surface area contributed by atoms with Crippen molar-refractivity contribution in [3.63, 3.8) is 0 Å². The topological polar surface area (TPSA) is 217 Å². The maximum Gasteiger partial charge on any atom is 0.449 e. The molecular formula is C23H23Cl2F3N4O10P2. The monoisotopic (exact) mass is 704 g/mol. The Labute approximate surface area is 255 Å². The highest BCUT2D eigenvalue weighted by Gasteiger charge is 2.44. The zero-order chi connectivity index (χ0) is 33.0. The molecule has 0 bridgehead atoms. The molecular weight excluding hydrogens is 682 g/mol. The van der Waals surface area contributed by atoms with Gasteiger partial charge < -0.3 is 39.5 Å². The summed E-state index contributed by atoms with van der Waals surface area (Å²) in [5.41, 5.74) is -3.22. The van der Waals surface area contributed by atoms with Crippen LogP contribution in [-0.4, -0.2) is 59.0 Å². The van der Waals surface area contributed by atoms with Crippen LogP contribution in [-0.2, 0) is 36.2 Å². The molecule has 0 aliphatic heterocycles. The van der Waals surface area contributed by atoms with Gasteiger partial charge in [0.05, 0.1) is 33.4 Å². The summed E-state index contributed by atoms with van der Waals surface area (Å²) in [7, 11) is -10.8. The predicted molar refractivity (Wildman–Crippen MR) is 150 cm³/mol. The van der Waals surface area contributed by atoms with E-state index >= 15 is 0 Å². The maximum absolute atomic E-state index is 13.9. The van der Waals surface area contributed by atoms with Crippen LogP contribution in [0, 0.1) is 0 Å². The summed E-state index contributed by atoms with van der Waals surface area (Å²) in [6.07, 6.45) is -6.26. The molecule has 0 radical (unpaired) electrons. The number of carbonyl (C=O) groups excluding carboxylic acids is 3. The van der Waals surface area contributed by atoms with Crippen LogP contribution in [0.25, 0.3) is 11.0 Å². The number of fused-ring (bicyclic) bond motifs is 1. The molecule has 3 rings (SSSR count). The summed E-state index contributed by atoms with van der Waals surface area (Å²) in [6.45, 7) is -1.08. The number of benzene rings is 2. The van der Waals surface area contributed by atoms with Crippen LogP contribution in [0.1, 0.15) is 35.4 Å². The molecule has 0 saturated heterocycles. The number of alkyl halides is 3. The molecule has 6 N–H and O–H groups in total. The summed E-state index contributed by atoms with van der Waals surface area (Å²) in [6, 6.07) is 8.31. The standard InChI is InChI=1S/C23H23Cl2F3N4O10P2/c24-12-4-1-5-13(25)18(12)20(35)29-14-6-2-7-15-19(14)31-21(23(26,27)28)32(15)10-11-42-17(34)9-3-8-16(33)30-22(43(36,37)38)44(39,40)41/h1-2,4-7,22H,3,8-11H2,(H,29,35)(H,30,33)(H2,36,37,38)(H2,39,40,41). The number of ether oxygens (including phenoxy) is 1. The molecule has 2 aromatic carbocycles. The third-order valence-corrected chi connectivity index (χ3v) is 9.73. The number of nitrogens with one attached hydrogen (secondary N) is 2. The summed E-state index contributed by atoms with van der Waals surface area (Å²) in [5, 5.41) is 4.00. The molecule has 3 aromatic rings. The first-order chi connectivity index (χ1) is 20.3. The number of hydrogen-bond donors (Lipinski definition) is 6. The number of anilines is 1. The third-order valence-electron chi connectivity index (χ3n) is 5.76. The smallest absolute Gasteiger partial charge is 0.449 e. The van der Waals surface area contributed by atoms with Crippen LogP contribution in [0.2, 0.25) is 10.0 Å². The summed E-state index contributed by atoms with van der Waals surface area (Å²) in [5.74, 6) is -4.25.